The van der Waals surface area contributed by atoms with Gasteiger partial charge < -0.3 is 25.0 Å². The number of nitrogens with zero attached hydrogens (tertiary/aromatic N) is 1. The SMILES string of the molecule is O=C(COc1ccc(N2C[C@H](C(=O)NC[C@H]3CCCO3)CC2=O)cc1)Nc1ccc(Cl)c(Cl)c1. The topological polar surface area (TPSA) is 97.0 Å². The molecule has 0 aromatic heterocycles. The first-order valence-electron chi connectivity index (χ1n) is 11.1. The molecule has 0 radical (unpaired) electrons. The Hall–Kier alpha value is -2.81. The largest absolute Gasteiger partial charge is 0.484 e. The highest BCUT2D eigenvalue weighted by Crippen LogP contribution is 2.28. The monoisotopic (exact) mass is 505 g/mol. The maximum absolute atomic E-state index is 12.5. The molecule has 8 nitrogen and oxygen atoms in total. The lowest BCUT2D eigenvalue weighted by Gasteiger charge is -2.18. The van der Waals surface area contributed by atoms with Crippen LogP contribution in [0.1, 0.15) is 19.3 Å². The molecule has 0 unspecified atom stereocenters. The van der Waals surface area contributed by atoms with E-state index in [4.69, 9.17) is 32.7 Å². The highest BCUT2D eigenvalue weighted by atomic mass is 35.5. The third-order valence-electron chi connectivity index (χ3n) is 5.75. The first-order valence-corrected chi connectivity index (χ1v) is 11.8. The molecule has 2 aromatic rings. The average Bonchev–Trinajstić information content (AvgIpc) is 3.49. The Morgan fingerprint density at radius 2 is 1.91 bits per heavy atom. The van der Waals surface area contributed by atoms with Crippen molar-refractivity contribution < 1.29 is 23.9 Å². The van der Waals surface area contributed by atoms with E-state index in [2.05, 4.69) is 10.6 Å². The molecule has 0 bridgehead atoms. The van der Waals surface area contributed by atoms with E-state index in [1.807, 2.05) is 0 Å². The van der Waals surface area contributed by atoms with Crippen molar-refractivity contribution in [2.24, 2.45) is 5.92 Å². The number of nitrogens with one attached hydrogen (secondary N) is 2. The molecular formula is C24H25Cl2N3O5. The maximum Gasteiger partial charge on any atom is 0.262 e. The van der Waals surface area contributed by atoms with E-state index in [9.17, 15) is 14.4 Å². The van der Waals surface area contributed by atoms with Crippen molar-refractivity contribution in [2.45, 2.75) is 25.4 Å². The van der Waals surface area contributed by atoms with Gasteiger partial charge in [0.1, 0.15) is 5.75 Å². The number of carbonyl (C=O) groups is 3. The van der Waals surface area contributed by atoms with Gasteiger partial charge in [-0.05, 0) is 55.3 Å². The van der Waals surface area contributed by atoms with Crippen molar-refractivity contribution in [1.29, 1.82) is 0 Å². The predicted molar refractivity (Wildman–Crippen MR) is 129 cm³/mol. The van der Waals surface area contributed by atoms with Crippen LogP contribution in [0.2, 0.25) is 10.0 Å². The van der Waals surface area contributed by atoms with Gasteiger partial charge in [-0.3, -0.25) is 14.4 Å². The van der Waals surface area contributed by atoms with Gasteiger partial charge in [-0.15, -0.1) is 0 Å². The van der Waals surface area contributed by atoms with Crippen LogP contribution in [-0.4, -0.2) is 50.1 Å². The fourth-order valence-corrected chi connectivity index (χ4v) is 4.24. The highest BCUT2D eigenvalue weighted by molar-refractivity contribution is 6.42. The van der Waals surface area contributed by atoms with Crippen LogP contribution in [0.4, 0.5) is 11.4 Å². The number of rotatable bonds is 8. The summed E-state index contributed by atoms with van der Waals surface area (Å²) in [5, 5.41) is 6.33. The summed E-state index contributed by atoms with van der Waals surface area (Å²) in [6.07, 6.45) is 2.19. The van der Waals surface area contributed by atoms with E-state index in [0.29, 0.717) is 40.3 Å². The van der Waals surface area contributed by atoms with Crippen molar-refractivity contribution in [1.82, 2.24) is 5.32 Å². The number of hydrogen-bond acceptors (Lipinski definition) is 5. The van der Waals surface area contributed by atoms with Crippen LogP contribution in [0.25, 0.3) is 0 Å². The van der Waals surface area contributed by atoms with Crippen molar-refractivity contribution in [3.05, 3.63) is 52.5 Å². The number of ether oxygens (including phenoxy) is 2. The number of hydrogen-bond donors (Lipinski definition) is 2. The summed E-state index contributed by atoms with van der Waals surface area (Å²) in [6.45, 7) is 1.34. The van der Waals surface area contributed by atoms with Crippen LogP contribution in [-0.2, 0) is 19.1 Å². The van der Waals surface area contributed by atoms with Gasteiger partial charge in [0.15, 0.2) is 6.61 Å². The first kappa shape index (κ1) is 24.3. The Morgan fingerprint density at radius 1 is 1.12 bits per heavy atom. The van der Waals surface area contributed by atoms with Crippen LogP contribution < -0.4 is 20.3 Å². The minimum Gasteiger partial charge on any atom is -0.484 e. The summed E-state index contributed by atoms with van der Waals surface area (Å²) in [6, 6.07) is 11.6. The summed E-state index contributed by atoms with van der Waals surface area (Å²) < 4.78 is 11.1. The molecule has 2 aliphatic heterocycles. The van der Waals surface area contributed by atoms with Crippen molar-refractivity contribution in [2.75, 3.05) is 36.5 Å². The lowest BCUT2D eigenvalue weighted by molar-refractivity contribution is -0.126. The molecule has 0 saturated carbocycles. The number of carbonyl (C=O) groups excluding carboxylic acids is 3. The summed E-state index contributed by atoms with van der Waals surface area (Å²) in [4.78, 5) is 38.7. The molecule has 10 heteroatoms. The Labute approximate surface area is 207 Å². The quantitative estimate of drug-likeness (QED) is 0.570. The van der Waals surface area contributed by atoms with Gasteiger partial charge >= 0.3 is 0 Å². The van der Waals surface area contributed by atoms with Gasteiger partial charge in [0.25, 0.3) is 5.91 Å². The molecule has 4 rings (SSSR count). The third-order valence-corrected chi connectivity index (χ3v) is 6.48. The van der Waals surface area contributed by atoms with E-state index in [0.717, 1.165) is 19.4 Å². The fraction of sp³-hybridized carbons (Fsp3) is 0.375. The van der Waals surface area contributed by atoms with E-state index < -0.39 is 5.92 Å². The van der Waals surface area contributed by atoms with E-state index in [-0.39, 0.29) is 36.9 Å². The molecular weight excluding hydrogens is 481 g/mol. The van der Waals surface area contributed by atoms with Crippen LogP contribution in [0.3, 0.4) is 0 Å². The zero-order chi connectivity index (χ0) is 24.1. The maximum atomic E-state index is 12.5. The molecule has 0 aliphatic carbocycles. The standard InChI is InChI=1S/C24H25Cl2N3O5/c25-20-8-3-16(11-21(20)26)28-22(30)14-34-18-6-4-17(5-7-18)29-13-15(10-23(29)31)24(32)27-12-19-2-1-9-33-19/h3-8,11,15,19H,1-2,9-10,12-14H2,(H,27,32)(H,28,30)/t15-,19-/m1/s1. The molecule has 180 valence electrons. The van der Waals surface area contributed by atoms with Gasteiger partial charge in [0.2, 0.25) is 11.8 Å². The summed E-state index contributed by atoms with van der Waals surface area (Å²) in [5.41, 5.74) is 1.19. The van der Waals surface area contributed by atoms with Crippen molar-refractivity contribution in [3.63, 3.8) is 0 Å². The molecule has 2 atom stereocenters. The van der Waals surface area contributed by atoms with Crippen LogP contribution >= 0.6 is 23.2 Å². The Balaban J connectivity index is 1.25. The fourth-order valence-electron chi connectivity index (χ4n) is 3.94. The van der Waals surface area contributed by atoms with Gasteiger partial charge in [-0.1, -0.05) is 23.2 Å². The van der Waals surface area contributed by atoms with Gasteiger partial charge in [-0.2, -0.15) is 0 Å². The lowest BCUT2D eigenvalue weighted by atomic mass is 10.1. The number of anilines is 2. The normalized spacial score (nSPS) is 19.8. The first-order chi connectivity index (χ1) is 16.4. The molecule has 34 heavy (non-hydrogen) atoms. The van der Waals surface area contributed by atoms with E-state index in [1.54, 1.807) is 47.4 Å². The summed E-state index contributed by atoms with van der Waals surface area (Å²) in [5.74, 6) is -0.499. The van der Waals surface area contributed by atoms with Gasteiger partial charge in [0.05, 0.1) is 22.1 Å². The Bertz CT molecular complexity index is 1060. The Kier molecular flexibility index (Phi) is 7.92. The molecule has 2 fully saturated rings. The minimum atomic E-state index is -0.394. The molecule has 2 N–H and O–H groups in total. The lowest BCUT2D eigenvalue weighted by Crippen LogP contribution is -2.37. The second-order valence-corrected chi connectivity index (χ2v) is 9.06. The number of halogens is 2. The summed E-state index contributed by atoms with van der Waals surface area (Å²) >= 11 is 11.8. The average molecular weight is 506 g/mol. The molecule has 2 aliphatic rings. The molecule has 2 saturated heterocycles. The third kappa shape index (κ3) is 6.20. The zero-order valence-electron chi connectivity index (χ0n) is 18.4. The summed E-state index contributed by atoms with van der Waals surface area (Å²) in [7, 11) is 0. The van der Waals surface area contributed by atoms with E-state index >= 15 is 0 Å². The van der Waals surface area contributed by atoms with Crippen LogP contribution in [0.15, 0.2) is 42.5 Å². The zero-order valence-corrected chi connectivity index (χ0v) is 19.9. The minimum absolute atomic E-state index is 0.0655. The van der Waals surface area contributed by atoms with Crippen molar-refractivity contribution in [3.8, 4) is 5.75 Å². The van der Waals surface area contributed by atoms with Crippen LogP contribution in [0.5, 0.6) is 5.75 Å². The van der Waals surface area contributed by atoms with Crippen molar-refractivity contribution >= 4 is 52.3 Å². The molecule has 2 aromatic carbocycles. The second-order valence-electron chi connectivity index (χ2n) is 8.25. The smallest absolute Gasteiger partial charge is 0.262 e. The van der Waals surface area contributed by atoms with E-state index in [1.165, 1.54) is 0 Å². The number of benzene rings is 2. The predicted octanol–water partition coefficient (Wildman–Crippen LogP) is 3.66. The van der Waals surface area contributed by atoms with Crippen LogP contribution in [0, 0.1) is 5.92 Å². The Morgan fingerprint density at radius 3 is 2.62 bits per heavy atom. The van der Waals surface area contributed by atoms with Gasteiger partial charge in [-0.25, -0.2) is 0 Å². The molecule has 0 spiro atoms. The number of amides is 3. The molecule has 3 amide bonds. The second kappa shape index (κ2) is 11.1. The highest BCUT2D eigenvalue weighted by Gasteiger charge is 2.35. The van der Waals surface area contributed by atoms with Gasteiger partial charge in [0, 0.05) is 37.5 Å². The molecule has 2 heterocycles.